The van der Waals surface area contributed by atoms with E-state index in [2.05, 4.69) is 20.9 Å². The van der Waals surface area contributed by atoms with Crippen LogP contribution in [0.2, 0.25) is 0 Å². The fourth-order valence-electron chi connectivity index (χ4n) is 3.80. The molecule has 7 heteroatoms. The number of guanidine groups is 1. The van der Waals surface area contributed by atoms with Gasteiger partial charge in [0.05, 0.1) is 0 Å². The van der Waals surface area contributed by atoms with Crippen LogP contribution in [0.4, 0.5) is 0 Å². The lowest BCUT2D eigenvalue weighted by Crippen LogP contribution is -2.37. The number of rotatable bonds is 10. The van der Waals surface area contributed by atoms with E-state index in [1.165, 1.54) is 44.9 Å². The van der Waals surface area contributed by atoms with Crippen LogP contribution in [0.5, 0.6) is 0 Å². The molecule has 170 valence electrons. The van der Waals surface area contributed by atoms with Crippen molar-refractivity contribution in [2.75, 3.05) is 40.8 Å². The highest BCUT2D eigenvalue weighted by Gasteiger charge is 2.12. The van der Waals surface area contributed by atoms with Gasteiger partial charge < -0.3 is 20.9 Å². The minimum atomic E-state index is -0.0288. The maximum absolute atomic E-state index is 12.3. The molecule has 0 radical (unpaired) electrons. The van der Waals surface area contributed by atoms with Gasteiger partial charge in [-0.3, -0.25) is 9.79 Å². The number of nitrogens with one attached hydrogen (secondary N) is 3. The molecule has 0 atom stereocenters. The second kappa shape index (κ2) is 15.5. The summed E-state index contributed by atoms with van der Waals surface area (Å²) in [7, 11) is 5.79. The molecule has 6 nitrogen and oxygen atoms in total. The van der Waals surface area contributed by atoms with Crippen molar-refractivity contribution in [2.45, 2.75) is 51.5 Å². The van der Waals surface area contributed by atoms with E-state index in [-0.39, 0.29) is 29.9 Å². The molecule has 0 bridgehead atoms. The number of hydrogen-bond acceptors (Lipinski definition) is 3. The predicted octanol–water partition coefficient (Wildman–Crippen LogP) is 3.62. The van der Waals surface area contributed by atoms with E-state index in [0.717, 1.165) is 30.5 Å². The number of nitrogens with zero attached hydrogens (tertiary/aromatic N) is 2. The third kappa shape index (κ3) is 10.6. The summed E-state index contributed by atoms with van der Waals surface area (Å²) in [6, 6.07) is 7.75. The molecule has 1 amide bonds. The predicted molar refractivity (Wildman–Crippen MR) is 137 cm³/mol. The van der Waals surface area contributed by atoms with Crippen molar-refractivity contribution in [1.82, 2.24) is 20.9 Å². The van der Waals surface area contributed by atoms with Crippen LogP contribution in [0.1, 0.15) is 60.9 Å². The van der Waals surface area contributed by atoms with Crippen molar-refractivity contribution in [3.05, 3.63) is 35.4 Å². The Balaban J connectivity index is 0.00000450. The molecule has 3 N–H and O–H groups in total. The van der Waals surface area contributed by atoms with Crippen molar-refractivity contribution in [3.8, 4) is 0 Å². The first kappa shape index (κ1) is 26.7. The van der Waals surface area contributed by atoms with Gasteiger partial charge in [-0.25, -0.2) is 0 Å². The third-order valence-corrected chi connectivity index (χ3v) is 5.52. The molecule has 0 heterocycles. The van der Waals surface area contributed by atoms with Gasteiger partial charge in [-0.2, -0.15) is 0 Å². The topological polar surface area (TPSA) is 68.8 Å². The van der Waals surface area contributed by atoms with Crippen molar-refractivity contribution in [2.24, 2.45) is 10.9 Å². The van der Waals surface area contributed by atoms with Crippen molar-refractivity contribution >= 4 is 35.8 Å². The third-order valence-electron chi connectivity index (χ3n) is 5.52. The van der Waals surface area contributed by atoms with E-state index in [4.69, 9.17) is 0 Å². The summed E-state index contributed by atoms with van der Waals surface area (Å²) in [6.45, 7) is 3.06. The molecule has 0 unspecified atom stereocenters. The second-order valence-electron chi connectivity index (χ2n) is 8.26. The molecule has 1 fully saturated rings. The Labute approximate surface area is 199 Å². The van der Waals surface area contributed by atoms with E-state index >= 15 is 0 Å². The fraction of sp³-hybridized carbons (Fsp3) is 0.652. The van der Waals surface area contributed by atoms with Gasteiger partial charge in [0.1, 0.15) is 0 Å². The highest BCUT2D eigenvalue weighted by atomic mass is 127. The van der Waals surface area contributed by atoms with Crippen LogP contribution in [-0.2, 0) is 6.54 Å². The first-order valence-corrected chi connectivity index (χ1v) is 11.0. The Hall–Kier alpha value is -1.35. The Morgan fingerprint density at radius 2 is 1.87 bits per heavy atom. The maximum atomic E-state index is 12.3. The number of aliphatic imine (C=N–C) groups is 1. The SMILES string of the molecule is CN=C(NCCCC1CCCCC1)NCc1cccc(C(=O)NCCN(C)C)c1.I. The Bertz CT molecular complexity index is 644. The molecule has 0 aliphatic heterocycles. The van der Waals surface area contributed by atoms with Gasteiger partial charge in [-0.1, -0.05) is 44.2 Å². The number of halogens is 1. The highest BCUT2D eigenvalue weighted by Crippen LogP contribution is 2.26. The minimum absolute atomic E-state index is 0. The quantitative estimate of drug-likeness (QED) is 0.188. The zero-order valence-corrected chi connectivity index (χ0v) is 21.2. The number of amides is 1. The Kier molecular flexibility index (Phi) is 13.7. The summed E-state index contributed by atoms with van der Waals surface area (Å²) in [5, 5.41) is 9.72. The smallest absolute Gasteiger partial charge is 0.251 e. The van der Waals surface area contributed by atoms with Crippen LogP contribution in [0.25, 0.3) is 0 Å². The van der Waals surface area contributed by atoms with E-state index in [1.54, 1.807) is 7.05 Å². The molecule has 1 saturated carbocycles. The fourth-order valence-corrected chi connectivity index (χ4v) is 3.80. The molecule has 1 aromatic rings. The average Bonchev–Trinajstić information content (AvgIpc) is 2.74. The largest absolute Gasteiger partial charge is 0.356 e. The van der Waals surface area contributed by atoms with E-state index in [1.807, 2.05) is 43.3 Å². The molecular weight excluding hydrogens is 489 g/mol. The van der Waals surface area contributed by atoms with Gasteiger partial charge in [0.25, 0.3) is 5.91 Å². The average molecular weight is 530 g/mol. The van der Waals surface area contributed by atoms with Crippen LogP contribution < -0.4 is 16.0 Å². The van der Waals surface area contributed by atoms with Crippen LogP contribution in [-0.4, -0.2) is 57.5 Å². The Morgan fingerprint density at radius 1 is 1.10 bits per heavy atom. The summed E-state index contributed by atoms with van der Waals surface area (Å²) in [6.07, 6.45) is 9.56. The van der Waals surface area contributed by atoms with E-state index in [9.17, 15) is 4.79 Å². The van der Waals surface area contributed by atoms with Crippen LogP contribution in [0.15, 0.2) is 29.3 Å². The molecule has 30 heavy (non-hydrogen) atoms. The monoisotopic (exact) mass is 529 g/mol. The summed E-state index contributed by atoms with van der Waals surface area (Å²) in [5.41, 5.74) is 1.76. The van der Waals surface area contributed by atoms with Crippen molar-refractivity contribution in [3.63, 3.8) is 0 Å². The lowest BCUT2D eigenvalue weighted by Gasteiger charge is -2.21. The number of likely N-dealkylation sites (N-methyl/N-ethyl adjacent to an activating group) is 1. The summed E-state index contributed by atoms with van der Waals surface area (Å²) < 4.78 is 0. The van der Waals surface area contributed by atoms with Gasteiger partial charge in [-0.05, 0) is 50.6 Å². The molecule has 2 rings (SSSR count). The molecule has 0 saturated heterocycles. The van der Waals surface area contributed by atoms with Gasteiger partial charge in [-0.15, -0.1) is 24.0 Å². The first-order valence-electron chi connectivity index (χ1n) is 11.0. The number of carbonyl (C=O) groups is 1. The van der Waals surface area contributed by atoms with Crippen LogP contribution in [0, 0.1) is 5.92 Å². The van der Waals surface area contributed by atoms with Crippen LogP contribution in [0.3, 0.4) is 0 Å². The molecule has 1 aliphatic rings. The summed E-state index contributed by atoms with van der Waals surface area (Å²) in [5.74, 6) is 1.71. The summed E-state index contributed by atoms with van der Waals surface area (Å²) in [4.78, 5) is 18.7. The number of hydrogen-bond donors (Lipinski definition) is 3. The molecule has 1 aromatic carbocycles. The van der Waals surface area contributed by atoms with E-state index in [0.29, 0.717) is 18.7 Å². The normalized spacial score (nSPS) is 14.9. The molecule has 0 aromatic heterocycles. The molecular formula is C23H40IN5O. The second-order valence-corrected chi connectivity index (χ2v) is 8.26. The van der Waals surface area contributed by atoms with Gasteiger partial charge in [0, 0.05) is 38.8 Å². The molecule has 0 spiro atoms. The van der Waals surface area contributed by atoms with Gasteiger partial charge >= 0.3 is 0 Å². The van der Waals surface area contributed by atoms with E-state index < -0.39 is 0 Å². The minimum Gasteiger partial charge on any atom is -0.356 e. The van der Waals surface area contributed by atoms with Crippen molar-refractivity contribution < 1.29 is 4.79 Å². The standard InChI is InChI=1S/C23H39N5O.HI/c1-24-23(26-14-8-12-19-9-5-4-6-10-19)27-18-20-11-7-13-21(17-20)22(29)25-15-16-28(2)3;/h7,11,13,17,19H,4-6,8-10,12,14-16,18H2,1-3H3,(H,25,29)(H2,24,26,27);1H. The summed E-state index contributed by atoms with van der Waals surface area (Å²) >= 11 is 0. The highest BCUT2D eigenvalue weighted by molar-refractivity contribution is 14.0. The Morgan fingerprint density at radius 3 is 2.57 bits per heavy atom. The zero-order valence-electron chi connectivity index (χ0n) is 18.9. The zero-order chi connectivity index (χ0) is 20.9. The van der Waals surface area contributed by atoms with Crippen LogP contribution >= 0.6 is 24.0 Å². The first-order chi connectivity index (χ1) is 14.1. The lowest BCUT2D eigenvalue weighted by molar-refractivity contribution is 0.0951. The maximum Gasteiger partial charge on any atom is 0.251 e. The lowest BCUT2D eigenvalue weighted by atomic mass is 9.86. The van der Waals surface area contributed by atoms with Gasteiger partial charge in [0.15, 0.2) is 5.96 Å². The molecule has 1 aliphatic carbocycles. The van der Waals surface area contributed by atoms with Gasteiger partial charge in [0.2, 0.25) is 0 Å². The number of benzene rings is 1. The number of carbonyl (C=O) groups excluding carboxylic acids is 1. The van der Waals surface area contributed by atoms with Crippen molar-refractivity contribution in [1.29, 1.82) is 0 Å².